The van der Waals surface area contributed by atoms with Gasteiger partial charge in [-0.25, -0.2) is 4.98 Å². The van der Waals surface area contributed by atoms with Crippen molar-refractivity contribution in [3.8, 4) is 0 Å². The lowest BCUT2D eigenvalue weighted by atomic mass is 9.90. The highest BCUT2D eigenvalue weighted by Gasteiger charge is 2.39. The molecule has 2 atom stereocenters. The molecule has 1 aromatic rings. The highest BCUT2D eigenvalue weighted by molar-refractivity contribution is 5.16. The summed E-state index contributed by atoms with van der Waals surface area (Å²) in [5.41, 5.74) is 1.65. The van der Waals surface area contributed by atoms with Crippen molar-refractivity contribution in [2.45, 2.75) is 57.5 Å². The first-order valence-corrected chi connectivity index (χ1v) is 6.85. The number of aryl methyl sites for hydroxylation is 1. The third-order valence-corrected chi connectivity index (χ3v) is 4.90. The minimum absolute atomic E-state index is 0.0313. The second-order valence-corrected chi connectivity index (χ2v) is 5.88. The molecule has 2 saturated heterocycles. The zero-order valence-corrected chi connectivity index (χ0v) is 11.4. The first kappa shape index (κ1) is 11.9. The van der Waals surface area contributed by atoms with Crippen LogP contribution in [-0.2, 0) is 0 Å². The smallest absolute Gasteiger partial charge is 0.254 e. The minimum atomic E-state index is 0.0313. The van der Waals surface area contributed by atoms with Gasteiger partial charge in [-0.1, -0.05) is 0 Å². The Morgan fingerprint density at radius 1 is 1.22 bits per heavy atom. The van der Waals surface area contributed by atoms with Crippen molar-refractivity contribution in [1.82, 2.24) is 14.9 Å². The third-order valence-electron chi connectivity index (χ3n) is 4.90. The van der Waals surface area contributed by atoms with Gasteiger partial charge >= 0.3 is 0 Å². The largest absolute Gasteiger partial charge is 0.310 e. The molecule has 2 bridgehead atoms. The van der Waals surface area contributed by atoms with Gasteiger partial charge in [-0.15, -0.1) is 0 Å². The Balaban J connectivity index is 1.91. The number of H-pyrrole nitrogens is 1. The van der Waals surface area contributed by atoms with E-state index in [9.17, 15) is 4.79 Å². The van der Waals surface area contributed by atoms with Crippen molar-refractivity contribution < 1.29 is 0 Å². The zero-order chi connectivity index (χ0) is 12.9. The summed E-state index contributed by atoms with van der Waals surface area (Å²) in [6.45, 7) is 3.76. The number of hydrogen-bond acceptors (Lipinski definition) is 3. The molecular weight excluding hydrogens is 226 g/mol. The highest BCUT2D eigenvalue weighted by atomic mass is 16.1. The molecule has 0 spiro atoms. The van der Waals surface area contributed by atoms with Gasteiger partial charge in [0.2, 0.25) is 0 Å². The topological polar surface area (TPSA) is 49.0 Å². The van der Waals surface area contributed by atoms with Gasteiger partial charge in [0.25, 0.3) is 5.56 Å². The maximum absolute atomic E-state index is 11.8. The number of nitrogens with one attached hydrogen (secondary N) is 1. The molecule has 1 aromatic heterocycles. The molecule has 2 unspecified atom stereocenters. The van der Waals surface area contributed by atoms with Gasteiger partial charge in [-0.2, -0.15) is 0 Å². The van der Waals surface area contributed by atoms with E-state index in [0.717, 1.165) is 29.9 Å². The normalized spacial score (nSPS) is 31.8. The SMILES string of the molecule is Cc1nc(C2CC3CCC(C2)N3C)[nH]c(=O)c1C. The Morgan fingerprint density at radius 2 is 1.83 bits per heavy atom. The standard InChI is InChI=1S/C14H21N3O/c1-8-9(2)15-13(16-14(8)18)10-6-11-4-5-12(7-10)17(11)3/h10-12H,4-7H2,1-3H3,(H,15,16,18). The first-order valence-electron chi connectivity index (χ1n) is 6.85. The molecule has 98 valence electrons. The molecule has 0 amide bonds. The minimum Gasteiger partial charge on any atom is -0.310 e. The van der Waals surface area contributed by atoms with Crippen LogP contribution in [0, 0.1) is 13.8 Å². The molecule has 4 nitrogen and oxygen atoms in total. The zero-order valence-electron chi connectivity index (χ0n) is 11.4. The van der Waals surface area contributed by atoms with Gasteiger partial charge in [0.15, 0.2) is 0 Å². The van der Waals surface area contributed by atoms with Crippen LogP contribution in [0.3, 0.4) is 0 Å². The van der Waals surface area contributed by atoms with Crippen molar-refractivity contribution in [3.05, 3.63) is 27.4 Å². The summed E-state index contributed by atoms with van der Waals surface area (Å²) in [4.78, 5) is 21.9. The summed E-state index contributed by atoms with van der Waals surface area (Å²) >= 11 is 0. The lowest BCUT2D eigenvalue weighted by molar-refractivity contribution is 0.158. The van der Waals surface area contributed by atoms with Crippen molar-refractivity contribution in [2.24, 2.45) is 0 Å². The predicted octanol–water partition coefficient (Wildman–Crippen LogP) is 1.73. The van der Waals surface area contributed by atoms with Crippen LogP contribution in [0.25, 0.3) is 0 Å². The second-order valence-electron chi connectivity index (χ2n) is 5.88. The molecular formula is C14H21N3O. The number of piperidine rings is 1. The summed E-state index contributed by atoms with van der Waals surface area (Å²) in [6.07, 6.45) is 4.87. The van der Waals surface area contributed by atoms with E-state index in [0.29, 0.717) is 18.0 Å². The quantitative estimate of drug-likeness (QED) is 0.822. The molecule has 2 aliphatic rings. The fourth-order valence-corrected chi connectivity index (χ4v) is 3.49. The molecule has 3 rings (SSSR count). The molecule has 18 heavy (non-hydrogen) atoms. The van der Waals surface area contributed by atoms with Crippen LogP contribution in [0.15, 0.2) is 4.79 Å². The average Bonchev–Trinajstić information content (AvgIpc) is 2.57. The second kappa shape index (κ2) is 4.19. The van der Waals surface area contributed by atoms with E-state index < -0.39 is 0 Å². The summed E-state index contributed by atoms with van der Waals surface area (Å²) < 4.78 is 0. The molecule has 2 aliphatic heterocycles. The number of hydrogen-bond donors (Lipinski definition) is 1. The first-order chi connectivity index (χ1) is 8.56. The molecule has 0 saturated carbocycles. The Morgan fingerprint density at radius 3 is 2.39 bits per heavy atom. The summed E-state index contributed by atoms with van der Waals surface area (Å²) in [5.74, 6) is 1.35. The predicted molar refractivity (Wildman–Crippen MR) is 70.9 cm³/mol. The van der Waals surface area contributed by atoms with Crippen molar-refractivity contribution in [3.63, 3.8) is 0 Å². The van der Waals surface area contributed by atoms with Crippen molar-refractivity contribution in [2.75, 3.05) is 7.05 Å². The Bertz CT molecular complexity index is 508. The van der Waals surface area contributed by atoms with Gasteiger partial charge in [0.05, 0.1) is 0 Å². The van der Waals surface area contributed by atoms with Crippen LogP contribution in [0.1, 0.15) is 48.7 Å². The highest BCUT2D eigenvalue weighted by Crippen LogP contribution is 2.40. The Kier molecular flexibility index (Phi) is 2.77. The van der Waals surface area contributed by atoms with Crippen LogP contribution < -0.4 is 5.56 Å². The van der Waals surface area contributed by atoms with Crippen LogP contribution in [-0.4, -0.2) is 34.0 Å². The maximum Gasteiger partial charge on any atom is 0.254 e. The summed E-state index contributed by atoms with van der Waals surface area (Å²) in [7, 11) is 2.23. The van der Waals surface area contributed by atoms with Crippen LogP contribution in [0.4, 0.5) is 0 Å². The lowest BCUT2D eigenvalue weighted by Crippen LogP contribution is -2.39. The molecule has 2 fully saturated rings. The number of aromatic amines is 1. The van der Waals surface area contributed by atoms with Crippen LogP contribution >= 0.6 is 0 Å². The van der Waals surface area contributed by atoms with E-state index in [-0.39, 0.29) is 5.56 Å². The van der Waals surface area contributed by atoms with E-state index in [1.807, 2.05) is 13.8 Å². The molecule has 4 heteroatoms. The average molecular weight is 247 g/mol. The summed E-state index contributed by atoms with van der Waals surface area (Å²) in [6, 6.07) is 1.36. The fraction of sp³-hybridized carbons (Fsp3) is 0.714. The van der Waals surface area contributed by atoms with Crippen molar-refractivity contribution >= 4 is 0 Å². The molecule has 0 aromatic carbocycles. The van der Waals surface area contributed by atoms with E-state index in [2.05, 4.69) is 21.9 Å². The van der Waals surface area contributed by atoms with E-state index in [4.69, 9.17) is 0 Å². The van der Waals surface area contributed by atoms with E-state index in [1.54, 1.807) is 0 Å². The van der Waals surface area contributed by atoms with Gasteiger partial charge in [-0.3, -0.25) is 4.79 Å². The van der Waals surface area contributed by atoms with E-state index >= 15 is 0 Å². The molecule has 1 N–H and O–H groups in total. The molecule has 3 heterocycles. The Labute approximate surface area is 107 Å². The number of aromatic nitrogens is 2. The molecule has 0 aliphatic carbocycles. The van der Waals surface area contributed by atoms with Crippen LogP contribution in [0.2, 0.25) is 0 Å². The monoisotopic (exact) mass is 247 g/mol. The third kappa shape index (κ3) is 1.79. The fourth-order valence-electron chi connectivity index (χ4n) is 3.49. The lowest BCUT2D eigenvalue weighted by Gasteiger charge is -2.35. The van der Waals surface area contributed by atoms with Gasteiger partial charge < -0.3 is 9.88 Å². The number of nitrogens with zero attached hydrogens (tertiary/aromatic N) is 2. The molecule has 0 radical (unpaired) electrons. The Hall–Kier alpha value is -1.16. The van der Waals surface area contributed by atoms with Gasteiger partial charge in [0, 0.05) is 29.3 Å². The van der Waals surface area contributed by atoms with E-state index in [1.165, 1.54) is 12.8 Å². The number of rotatable bonds is 1. The number of fused-ring (bicyclic) bond motifs is 2. The van der Waals surface area contributed by atoms with Crippen LogP contribution in [0.5, 0.6) is 0 Å². The summed E-state index contributed by atoms with van der Waals surface area (Å²) in [5, 5.41) is 0. The maximum atomic E-state index is 11.8. The van der Waals surface area contributed by atoms with Crippen molar-refractivity contribution in [1.29, 1.82) is 0 Å². The van der Waals surface area contributed by atoms with Gasteiger partial charge in [0.1, 0.15) is 5.82 Å². The van der Waals surface area contributed by atoms with Gasteiger partial charge in [-0.05, 0) is 46.6 Å².